The van der Waals surface area contributed by atoms with Gasteiger partial charge in [0.05, 0.1) is 19.3 Å². The van der Waals surface area contributed by atoms with Crippen molar-refractivity contribution >= 4 is 5.97 Å². The van der Waals surface area contributed by atoms with Crippen LogP contribution in [0, 0.1) is 5.92 Å². The number of hydrogen-bond acceptors (Lipinski definition) is 4. The van der Waals surface area contributed by atoms with Gasteiger partial charge in [-0.2, -0.15) is 0 Å². The Balaban J connectivity index is 2.01. The van der Waals surface area contributed by atoms with E-state index in [1.54, 1.807) is 6.92 Å². The van der Waals surface area contributed by atoms with Crippen LogP contribution in [0.2, 0.25) is 0 Å². The molecule has 14 heavy (non-hydrogen) atoms. The van der Waals surface area contributed by atoms with Crippen LogP contribution in [0.4, 0.5) is 0 Å². The smallest absolute Gasteiger partial charge is 0.319 e. The van der Waals surface area contributed by atoms with Crippen molar-refractivity contribution in [2.45, 2.75) is 32.3 Å². The summed E-state index contributed by atoms with van der Waals surface area (Å²) in [5.41, 5.74) is 0. The van der Waals surface area contributed by atoms with Crippen molar-refractivity contribution in [2.75, 3.05) is 19.7 Å². The van der Waals surface area contributed by atoms with Gasteiger partial charge in [-0.3, -0.25) is 4.79 Å². The van der Waals surface area contributed by atoms with Crippen molar-refractivity contribution in [3.05, 3.63) is 0 Å². The van der Waals surface area contributed by atoms with Crippen LogP contribution in [0.25, 0.3) is 0 Å². The van der Waals surface area contributed by atoms with E-state index >= 15 is 0 Å². The van der Waals surface area contributed by atoms with Crippen molar-refractivity contribution in [2.24, 2.45) is 5.92 Å². The maximum absolute atomic E-state index is 10.9. The van der Waals surface area contributed by atoms with Gasteiger partial charge in [0.1, 0.15) is 0 Å². The Hall–Kier alpha value is -0.610. The largest absolute Gasteiger partial charge is 0.465 e. The first-order valence-corrected chi connectivity index (χ1v) is 5.26. The van der Waals surface area contributed by atoms with Crippen LogP contribution in [-0.2, 0) is 9.53 Å². The monoisotopic (exact) mass is 201 g/mol. The van der Waals surface area contributed by atoms with E-state index in [0.717, 1.165) is 25.8 Å². The second kappa shape index (κ2) is 5.98. The number of aliphatic hydroxyl groups is 1. The van der Waals surface area contributed by atoms with E-state index in [-0.39, 0.29) is 18.6 Å². The molecule has 0 aromatic carbocycles. The zero-order valence-corrected chi connectivity index (χ0v) is 8.66. The summed E-state index contributed by atoms with van der Waals surface area (Å²) < 4.78 is 4.78. The van der Waals surface area contributed by atoms with E-state index < -0.39 is 0 Å². The fraction of sp³-hybridized carbons (Fsp3) is 0.900. The Labute approximate surface area is 84.6 Å². The summed E-state index contributed by atoms with van der Waals surface area (Å²) in [7, 11) is 0. The van der Waals surface area contributed by atoms with Gasteiger partial charge in [0.2, 0.25) is 0 Å². The molecule has 1 fully saturated rings. The molecular formula is C10H19NO3. The second-order valence-corrected chi connectivity index (χ2v) is 3.77. The molecule has 82 valence electrons. The lowest BCUT2D eigenvalue weighted by atomic mass is 10.1. The number of aliphatic hydroxyl groups excluding tert-OH is 1. The van der Waals surface area contributed by atoms with Gasteiger partial charge in [0.15, 0.2) is 0 Å². The van der Waals surface area contributed by atoms with Gasteiger partial charge >= 0.3 is 5.97 Å². The lowest BCUT2D eigenvalue weighted by Gasteiger charge is -2.09. The third-order valence-corrected chi connectivity index (χ3v) is 2.52. The van der Waals surface area contributed by atoms with Crippen LogP contribution >= 0.6 is 0 Å². The third-order valence-electron chi connectivity index (χ3n) is 2.52. The van der Waals surface area contributed by atoms with Crippen molar-refractivity contribution in [1.82, 2.24) is 5.32 Å². The predicted molar refractivity (Wildman–Crippen MR) is 52.9 cm³/mol. The van der Waals surface area contributed by atoms with E-state index in [0.29, 0.717) is 12.5 Å². The van der Waals surface area contributed by atoms with Gasteiger partial charge in [-0.05, 0) is 38.6 Å². The molecule has 0 heterocycles. The minimum absolute atomic E-state index is 0.135. The summed E-state index contributed by atoms with van der Waals surface area (Å²) in [5.74, 6) is 0.311. The van der Waals surface area contributed by atoms with Crippen molar-refractivity contribution in [3.8, 4) is 0 Å². The molecule has 1 aliphatic rings. The fourth-order valence-electron chi connectivity index (χ4n) is 1.82. The molecule has 0 aromatic rings. The Morgan fingerprint density at radius 3 is 2.93 bits per heavy atom. The van der Waals surface area contributed by atoms with E-state index in [2.05, 4.69) is 5.32 Å². The third kappa shape index (κ3) is 4.07. The Bertz CT molecular complexity index is 184. The number of ether oxygens (including phenoxy) is 1. The normalized spacial score (nSPS) is 26.4. The molecule has 0 aliphatic heterocycles. The zero-order chi connectivity index (χ0) is 10.4. The Morgan fingerprint density at radius 1 is 1.57 bits per heavy atom. The molecule has 0 radical (unpaired) electrons. The number of carbonyl (C=O) groups excluding carboxylic acids is 1. The predicted octanol–water partition coefficient (Wildman–Crippen LogP) is 0.300. The van der Waals surface area contributed by atoms with Gasteiger partial charge in [0, 0.05) is 0 Å². The maximum atomic E-state index is 10.9. The highest BCUT2D eigenvalue weighted by Crippen LogP contribution is 2.24. The molecule has 0 amide bonds. The molecule has 2 unspecified atom stereocenters. The topological polar surface area (TPSA) is 58.6 Å². The SMILES string of the molecule is CCOC(=O)CNCC1CCC(O)C1. The summed E-state index contributed by atoms with van der Waals surface area (Å²) in [6.07, 6.45) is 2.67. The van der Waals surface area contributed by atoms with Gasteiger partial charge in [0.25, 0.3) is 0 Å². The fourth-order valence-corrected chi connectivity index (χ4v) is 1.82. The molecule has 0 aromatic heterocycles. The molecular weight excluding hydrogens is 182 g/mol. The van der Waals surface area contributed by atoms with Gasteiger partial charge in [-0.25, -0.2) is 0 Å². The quantitative estimate of drug-likeness (QED) is 0.628. The summed E-state index contributed by atoms with van der Waals surface area (Å²) >= 11 is 0. The van der Waals surface area contributed by atoms with E-state index in [1.165, 1.54) is 0 Å². The average Bonchev–Trinajstić information content (AvgIpc) is 2.52. The molecule has 2 N–H and O–H groups in total. The molecule has 4 nitrogen and oxygen atoms in total. The Kier molecular flexibility index (Phi) is 4.90. The summed E-state index contributed by atoms with van der Waals surface area (Å²) in [5, 5.41) is 12.3. The minimum Gasteiger partial charge on any atom is -0.465 e. The van der Waals surface area contributed by atoms with Crippen LogP contribution in [0.15, 0.2) is 0 Å². The molecule has 1 saturated carbocycles. The molecule has 4 heteroatoms. The van der Waals surface area contributed by atoms with Crippen molar-refractivity contribution < 1.29 is 14.6 Å². The lowest BCUT2D eigenvalue weighted by Crippen LogP contribution is -2.29. The van der Waals surface area contributed by atoms with Gasteiger partial charge in [-0.1, -0.05) is 0 Å². The van der Waals surface area contributed by atoms with Crippen LogP contribution in [0.5, 0.6) is 0 Å². The molecule has 2 atom stereocenters. The van der Waals surface area contributed by atoms with Gasteiger partial charge in [-0.15, -0.1) is 0 Å². The number of hydrogen-bond donors (Lipinski definition) is 2. The van der Waals surface area contributed by atoms with Gasteiger partial charge < -0.3 is 15.2 Å². The summed E-state index contributed by atoms with van der Waals surface area (Å²) in [6.45, 7) is 3.31. The van der Waals surface area contributed by atoms with Crippen LogP contribution in [0.1, 0.15) is 26.2 Å². The first-order chi connectivity index (χ1) is 6.72. The van der Waals surface area contributed by atoms with E-state index in [1.807, 2.05) is 0 Å². The average molecular weight is 201 g/mol. The molecule has 0 spiro atoms. The number of esters is 1. The summed E-state index contributed by atoms with van der Waals surface area (Å²) in [4.78, 5) is 10.9. The first-order valence-electron chi connectivity index (χ1n) is 5.26. The molecule has 0 saturated heterocycles. The second-order valence-electron chi connectivity index (χ2n) is 3.77. The van der Waals surface area contributed by atoms with Crippen LogP contribution in [0.3, 0.4) is 0 Å². The maximum Gasteiger partial charge on any atom is 0.319 e. The number of nitrogens with one attached hydrogen (secondary N) is 1. The number of rotatable bonds is 5. The van der Waals surface area contributed by atoms with E-state index in [4.69, 9.17) is 4.74 Å². The molecule has 1 rings (SSSR count). The van der Waals surface area contributed by atoms with E-state index in [9.17, 15) is 9.90 Å². The first kappa shape index (κ1) is 11.5. The number of carbonyl (C=O) groups is 1. The van der Waals surface area contributed by atoms with Crippen molar-refractivity contribution in [3.63, 3.8) is 0 Å². The minimum atomic E-state index is -0.203. The Morgan fingerprint density at radius 2 is 2.36 bits per heavy atom. The highest BCUT2D eigenvalue weighted by molar-refractivity contribution is 5.71. The lowest BCUT2D eigenvalue weighted by molar-refractivity contribution is -0.142. The highest BCUT2D eigenvalue weighted by atomic mass is 16.5. The molecule has 1 aliphatic carbocycles. The van der Waals surface area contributed by atoms with Crippen LogP contribution < -0.4 is 5.32 Å². The summed E-state index contributed by atoms with van der Waals surface area (Å²) in [6, 6.07) is 0. The zero-order valence-electron chi connectivity index (χ0n) is 8.66. The highest BCUT2D eigenvalue weighted by Gasteiger charge is 2.22. The van der Waals surface area contributed by atoms with Crippen LogP contribution in [-0.4, -0.2) is 36.9 Å². The molecule has 0 bridgehead atoms. The van der Waals surface area contributed by atoms with Crippen molar-refractivity contribution in [1.29, 1.82) is 0 Å². The standard InChI is InChI=1S/C10H19NO3/c1-2-14-10(13)7-11-6-8-3-4-9(12)5-8/h8-9,11-12H,2-7H2,1H3.